The molecule has 16 heavy (non-hydrogen) atoms. The SMILES string of the molecule is C=Cc1ccc(O[Si](C)(CCC)OC)cc1. The van der Waals surface area contributed by atoms with Crippen LogP contribution in [-0.2, 0) is 4.43 Å². The van der Waals surface area contributed by atoms with E-state index in [1.54, 1.807) is 7.11 Å². The van der Waals surface area contributed by atoms with Gasteiger partial charge in [0.2, 0.25) is 0 Å². The monoisotopic (exact) mass is 236 g/mol. The van der Waals surface area contributed by atoms with Crippen molar-refractivity contribution in [1.29, 1.82) is 0 Å². The van der Waals surface area contributed by atoms with Gasteiger partial charge in [0.15, 0.2) is 0 Å². The van der Waals surface area contributed by atoms with Crippen LogP contribution in [0.5, 0.6) is 5.75 Å². The molecule has 0 heterocycles. The van der Waals surface area contributed by atoms with Crippen molar-refractivity contribution in [3.8, 4) is 5.75 Å². The fourth-order valence-electron chi connectivity index (χ4n) is 1.57. The van der Waals surface area contributed by atoms with Crippen LogP contribution in [0.4, 0.5) is 0 Å². The van der Waals surface area contributed by atoms with Crippen LogP contribution in [0.25, 0.3) is 6.08 Å². The molecule has 0 bridgehead atoms. The van der Waals surface area contributed by atoms with Gasteiger partial charge in [0, 0.05) is 13.2 Å². The summed E-state index contributed by atoms with van der Waals surface area (Å²) in [5.41, 5.74) is 1.10. The maximum Gasteiger partial charge on any atom is 0.395 e. The van der Waals surface area contributed by atoms with E-state index < -0.39 is 8.56 Å². The summed E-state index contributed by atoms with van der Waals surface area (Å²) in [7, 11) is -0.282. The number of hydrogen-bond acceptors (Lipinski definition) is 2. The second kappa shape index (κ2) is 5.87. The highest BCUT2D eigenvalue weighted by atomic mass is 28.4. The minimum Gasteiger partial charge on any atom is -0.520 e. The third-order valence-corrected chi connectivity index (χ3v) is 5.52. The first-order valence-corrected chi connectivity index (χ1v) is 8.12. The second-order valence-electron chi connectivity index (χ2n) is 3.96. The Balaban J connectivity index is 2.73. The van der Waals surface area contributed by atoms with E-state index in [9.17, 15) is 0 Å². The first-order chi connectivity index (χ1) is 7.63. The normalized spacial score (nSPS) is 14.2. The van der Waals surface area contributed by atoms with Crippen LogP contribution in [0.15, 0.2) is 30.8 Å². The fraction of sp³-hybridized carbons (Fsp3) is 0.385. The number of rotatable bonds is 6. The van der Waals surface area contributed by atoms with Gasteiger partial charge < -0.3 is 8.85 Å². The molecule has 0 N–H and O–H groups in total. The molecule has 0 aliphatic rings. The number of hydrogen-bond donors (Lipinski definition) is 0. The standard InChI is InChI=1S/C13H20O2Si/c1-5-11-16(4,14-3)15-13-9-7-12(6-2)8-10-13/h6-10H,2,5,11H2,1,3-4H3. The zero-order valence-corrected chi connectivity index (χ0v) is 11.3. The molecule has 1 unspecified atom stereocenters. The Bertz CT molecular complexity index is 334. The average Bonchev–Trinajstić information content (AvgIpc) is 2.30. The molecule has 0 fully saturated rings. The van der Waals surface area contributed by atoms with Gasteiger partial charge in [-0.3, -0.25) is 0 Å². The van der Waals surface area contributed by atoms with Gasteiger partial charge in [-0.1, -0.05) is 38.1 Å². The van der Waals surface area contributed by atoms with Crippen LogP contribution in [0.1, 0.15) is 18.9 Å². The Morgan fingerprint density at radius 1 is 1.31 bits per heavy atom. The van der Waals surface area contributed by atoms with Crippen molar-refractivity contribution in [2.45, 2.75) is 25.9 Å². The van der Waals surface area contributed by atoms with Crippen LogP contribution in [0.2, 0.25) is 12.6 Å². The van der Waals surface area contributed by atoms with Gasteiger partial charge >= 0.3 is 8.56 Å². The lowest BCUT2D eigenvalue weighted by molar-refractivity contribution is 0.304. The predicted octanol–water partition coefficient (Wildman–Crippen LogP) is 3.84. The molecule has 0 amide bonds. The Morgan fingerprint density at radius 2 is 1.94 bits per heavy atom. The summed E-state index contributed by atoms with van der Waals surface area (Å²) in [6.07, 6.45) is 2.91. The van der Waals surface area contributed by atoms with Crippen molar-refractivity contribution in [2.75, 3.05) is 7.11 Å². The molecule has 1 aromatic carbocycles. The van der Waals surface area contributed by atoms with Gasteiger partial charge in [-0.25, -0.2) is 0 Å². The lowest BCUT2D eigenvalue weighted by Gasteiger charge is -2.25. The van der Waals surface area contributed by atoms with E-state index in [2.05, 4.69) is 20.0 Å². The molecule has 1 atom stereocenters. The highest BCUT2D eigenvalue weighted by Crippen LogP contribution is 2.21. The molecule has 1 rings (SSSR count). The van der Waals surface area contributed by atoms with Gasteiger partial charge in [-0.15, -0.1) is 0 Å². The first kappa shape index (κ1) is 13.0. The Hall–Kier alpha value is -1.06. The largest absolute Gasteiger partial charge is 0.520 e. The molecule has 88 valence electrons. The highest BCUT2D eigenvalue weighted by Gasteiger charge is 2.30. The molecular formula is C13H20O2Si. The fourth-order valence-corrected chi connectivity index (χ4v) is 3.50. The molecule has 0 saturated heterocycles. The summed E-state index contributed by atoms with van der Waals surface area (Å²) >= 11 is 0. The number of benzene rings is 1. The molecule has 0 aromatic heterocycles. The van der Waals surface area contributed by atoms with Crippen molar-refractivity contribution in [2.24, 2.45) is 0 Å². The van der Waals surface area contributed by atoms with E-state index in [0.717, 1.165) is 23.8 Å². The van der Waals surface area contributed by atoms with Gasteiger partial charge in [0.1, 0.15) is 5.75 Å². The van der Waals surface area contributed by atoms with Crippen molar-refractivity contribution in [3.05, 3.63) is 36.4 Å². The van der Waals surface area contributed by atoms with Crippen molar-refractivity contribution in [3.63, 3.8) is 0 Å². The van der Waals surface area contributed by atoms with Crippen LogP contribution >= 0.6 is 0 Å². The predicted molar refractivity (Wildman–Crippen MR) is 70.9 cm³/mol. The van der Waals surface area contributed by atoms with Crippen molar-refractivity contribution >= 4 is 14.6 Å². The lowest BCUT2D eigenvalue weighted by Crippen LogP contribution is -2.40. The van der Waals surface area contributed by atoms with Crippen LogP contribution < -0.4 is 4.43 Å². The third-order valence-electron chi connectivity index (χ3n) is 2.59. The van der Waals surface area contributed by atoms with Crippen molar-refractivity contribution in [1.82, 2.24) is 0 Å². The molecular weight excluding hydrogens is 216 g/mol. The molecule has 1 aromatic rings. The van der Waals surface area contributed by atoms with Crippen LogP contribution in [0.3, 0.4) is 0 Å². The molecule has 0 spiro atoms. The molecule has 0 radical (unpaired) electrons. The third kappa shape index (κ3) is 3.50. The van der Waals surface area contributed by atoms with E-state index in [-0.39, 0.29) is 0 Å². The summed E-state index contributed by atoms with van der Waals surface area (Å²) in [6, 6.07) is 8.94. The average molecular weight is 236 g/mol. The molecule has 0 aliphatic carbocycles. The quantitative estimate of drug-likeness (QED) is 0.699. The highest BCUT2D eigenvalue weighted by molar-refractivity contribution is 6.66. The maximum absolute atomic E-state index is 5.97. The molecule has 0 aliphatic heterocycles. The van der Waals surface area contributed by atoms with E-state index in [1.165, 1.54) is 0 Å². The van der Waals surface area contributed by atoms with Gasteiger partial charge in [-0.2, -0.15) is 0 Å². The zero-order valence-electron chi connectivity index (χ0n) is 10.3. The molecule has 3 heteroatoms. The van der Waals surface area contributed by atoms with E-state index in [4.69, 9.17) is 8.85 Å². The summed E-state index contributed by atoms with van der Waals surface area (Å²) in [5, 5.41) is 0. The van der Waals surface area contributed by atoms with Crippen LogP contribution in [0, 0.1) is 0 Å². The van der Waals surface area contributed by atoms with Gasteiger partial charge in [0.05, 0.1) is 0 Å². The Labute approximate surface area is 99.2 Å². The van der Waals surface area contributed by atoms with E-state index in [1.807, 2.05) is 30.3 Å². The maximum atomic E-state index is 5.97. The first-order valence-electron chi connectivity index (χ1n) is 5.60. The van der Waals surface area contributed by atoms with Crippen LogP contribution in [-0.4, -0.2) is 15.7 Å². The minimum atomic E-state index is -2.02. The summed E-state index contributed by atoms with van der Waals surface area (Å²) < 4.78 is 11.5. The summed E-state index contributed by atoms with van der Waals surface area (Å²) in [4.78, 5) is 0. The van der Waals surface area contributed by atoms with Crippen molar-refractivity contribution < 1.29 is 8.85 Å². The van der Waals surface area contributed by atoms with Gasteiger partial charge in [-0.05, 0) is 24.2 Å². The summed E-state index contributed by atoms with van der Waals surface area (Å²) in [6.45, 7) is 7.97. The Morgan fingerprint density at radius 3 is 2.38 bits per heavy atom. The summed E-state index contributed by atoms with van der Waals surface area (Å²) in [5.74, 6) is 0.884. The lowest BCUT2D eigenvalue weighted by atomic mass is 10.2. The minimum absolute atomic E-state index is 0.884. The van der Waals surface area contributed by atoms with E-state index >= 15 is 0 Å². The van der Waals surface area contributed by atoms with E-state index in [0.29, 0.717) is 0 Å². The molecule has 0 saturated carbocycles. The zero-order chi connectivity index (χ0) is 12.0. The smallest absolute Gasteiger partial charge is 0.395 e. The topological polar surface area (TPSA) is 18.5 Å². The second-order valence-corrected chi connectivity index (χ2v) is 7.34. The van der Waals surface area contributed by atoms with Gasteiger partial charge in [0.25, 0.3) is 0 Å². The molecule has 2 nitrogen and oxygen atoms in total. The Kier molecular flexibility index (Phi) is 4.77.